The minimum absolute atomic E-state index is 0.00433. The number of anilines is 1. The Bertz CT molecular complexity index is 995. The average Bonchev–Trinajstić information content (AvgIpc) is 3.35. The SMILES string of the molecule is C#CCOC1C(OP(=O)(OC)C(C)CCC)C(COC)OC1n1cnc2c(N)ncnc21. The second-order valence-corrected chi connectivity index (χ2v) is 10.1. The van der Waals surface area contributed by atoms with Crippen LogP contribution in [0, 0.1) is 12.3 Å². The predicted octanol–water partition coefficient (Wildman–Crippen LogP) is 2.38. The zero-order chi connectivity index (χ0) is 23.3. The number of nitrogens with zero attached hydrogens (tertiary/aromatic N) is 4. The highest BCUT2D eigenvalue weighted by atomic mass is 31.2. The van der Waals surface area contributed by atoms with Crippen molar-refractivity contribution in [2.24, 2.45) is 0 Å². The summed E-state index contributed by atoms with van der Waals surface area (Å²) in [6.45, 7) is 4.02. The van der Waals surface area contributed by atoms with Gasteiger partial charge in [-0.3, -0.25) is 13.7 Å². The van der Waals surface area contributed by atoms with Crippen molar-refractivity contribution in [3.63, 3.8) is 0 Å². The van der Waals surface area contributed by atoms with Gasteiger partial charge in [-0.05, 0) is 6.42 Å². The van der Waals surface area contributed by atoms with Gasteiger partial charge in [0.15, 0.2) is 17.7 Å². The smallest absolute Gasteiger partial charge is 0.333 e. The van der Waals surface area contributed by atoms with Crippen molar-refractivity contribution in [1.29, 1.82) is 0 Å². The number of terminal acetylenes is 1. The molecule has 32 heavy (non-hydrogen) atoms. The summed E-state index contributed by atoms with van der Waals surface area (Å²) in [6, 6.07) is 0. The number of nitrogens with two attached hydrogens (primary N) is 1. The molecule has 12 heteroatoms. The maximum Gasteiger partial charge on any atom is 0.333 e. The first-order valence-electron chi connectivity index (χ1n) is 10.4. The lowest BCUT2D eigenvalue weighted by Gasteiger charge is -2.30. The summed E-state index contributed by atoms with van der Waals surface area (Å²) in [7, 11) is -0.561. The highest BCUT2D eigenvalue weighted by Crippen LogP contribution is 2.57. The van der Waals surface area contributed by atoms with Crippen LogP contribution in [0.5, 0.6) is 0 Å². The Morgan fingerprint density at radius 3 is 2.78 bits per heavy atom. The third-order valence-corrected chi connectivity index (χ3v) is 7.79. The van der Waals surface area contributed by atoms with Crippen molar-refractivity contribution in [1.82, 2.24) is 19.5 Å². The third-order valence-electron chi connectivity index (χ3n) is 5.41. The Morgan fingerprint density at radius 1 is 1.34 bits per heavy atom. The van der Waals surface area contributed by atoms with Crippen LogP contribution in [0.4, 0.5) is 5.82 Å². The molecule has 1 saturated heterocycles. The average molecular weight is 467 g/mol. The van der Waals surface area contributed by atoms with Crippen LogP contribution in [0.3, 0.4) is 0 Å². The predicted molar refractivity (Wildman–Crippen MR) is 118 cm³/mol. The quantitative estimate of drug-likeness (QED) is 0.388. The summed E-state index contributed by atoms with van der Waals surface area (Å²) in [6.07, 6.45) is 6.97. The highest BCUT2D eigenvalue weighted by Gasteiger charge is 2.51. The van der Waals surface area contributed by atoms with Gasteiger partial charge in [-0.15, -0.1) is 6.42 Å². The van der Waals surface area contributed by atoms with E-state index in [0.29, 0.717) is 17.6 Å². The summed E-state index contributed by atoms with van der Waals surface area (Å²) < 4.78 is 44.3. The van der Waals surface area contributed by atoms with Crippen molar-refractivity contribution in [2.75, 3.05) is 33.2 Å². The van der Waals surface area contributed by atoms with Crippen molar-refractivity contribution in [3.8, 4) is 12.3 Å². The minimum atomic E-state index is -3.48. The lowest BCUT2D eigenvalue weighted by Crippen LogP contribution is -2.38. The molecule has 2 N–H and O–H groups in total. The van der Waals surface area contributed by atoms with Gasteiger partial charge in [-0.25, -0.2) is 15.0 Å². The summed E-state index contributed by atoms with van der Waals surface area (Å²) in [5.74, 6) is 2.70. The van der Waals surface area contributed by atoms with E-state index in [9.17, 15) is 4.57 Å². The Labute approximate surface area is 187 Å². The molecule has 11 nitrogen and oxygen atoms in total. The van der Waals surface area contributed by atoms with E-state index in [1.54, 1.807) is 11.7 Å². The molecule has 6 atom stereocenters. The summed E-state index contributed by atoms with van der Waals surface area (Å²) in [5, 5.41) is 0. The standard InChI is InChI=1S/C20H30N5O6P/c1-6-8-13(3)32(26,28-5)31-16-14(10-27-4)30-20(17(16)29-9-7-2)25-12-24-15-18(21)22-11-23-19(15)25/h2,11-14,16-17,20H,6,8-10H2,1,3-5H3,(H2,21,22,23). The van der Waals surface area contributed by atoms with Crippen molar-refractivity contribution in [3.05, 3.63) is 12.7 Å². The van der Waals surface area contributed by atoms with E-state index in [1.165, 1.54) is 19.8 Å². The van der Waals surface area contributed by atoms with Gasteiger partial charge in [0.2, 0.25) is 0 Å². The molecule has 0 bridgehead atoms. The van der Waals surface area contributed by atoms with E-state index < -0.39 is 32.1 Å². The van der Waals surface area contributed by atoms with Crippen molar-refractivity contribution >= 4 is 24.6 Å². The second kappa shape index (κ2) is 10.7. The molecule has 0 amide bonds. The van der Waals surface area contributed by atoms with E-state index in [0.717, 1.165) is 6.42 Å². The number of hydrogen-bond acceptors (Lipinski definition) is 10. The zero-order valence-electron chi connectivity index (χ0n) is 18.7. The molecule has 3 heterocycles. The Hall–Kier alpha value is -2.06. The number of imidazole rings is 1. The molecule has 0 radical (unpaired) electrons. The van der Waals surface area contributed by atoms with Crippen LogP contribution < -0.4 is 5.73 Å². The van der Waals surface area contributed by atoms with Crippen LogP contribution in [-0.4, -0.2) is 70.9 Å². The number of fused-ring (bicyclic) bond motifs is 1. The van der Waals surface area contributed by atoms with E-state index >= 15 is 0 Å². The normalized spacial score (nSPS) is 26.1. The van der Waals surface area contributed by atoms with E-state index in [-0.39, 0.29) is 24.7 Å². The summed E-state index contributed by atoms with van der Waals surface area (Å²) >= 11 is 0. The van der Waals surface area contributed by atoms with Gasteiger partial charge < -0.3 is 24.5 Å². The second-order valence-electron chi connectivity index (χ2n) is 7.51. The Balaban J connectivity index is 2.01. The molecule has 2 aromatic heterocycles. The maximum atomic E-state index is 13.6. The molecular formula is C20H30N5O6P. The molecular weight excluding hydrogens is 437 g/mol. The molecule has 2 aromatic rings. The minimum Gasteiger partial charge on any atom is -0.382 e. The summed E-state index contributed by atoms with van der Waals surface area (Å²) in [4.78, 5) is 12.6. The van der Waals surface area contributed by atoms with Gasteiger partial charge in [0.1, 0.15) is 36.8 Å². The van der Waals surface area contributed by atoms with Crippen LogP contribution in [-0.2, 0) is 27.8 Å². The third kappa shape index (κ3) is 4.81. The molecule has 0 spiro atoms. The first-order chi connectivity index (χ1) is 15.4. The lowest BCUT2D eigenvalue weighted by atomic mass is 10.1. The first-order valence-corrected chi connectivity index (χ1v) is 12.0. The van der Waals surface area contributed by atoms with Crippen molar-refractivity contribution in [2.45, 2.75) is 56.9 Å². The van der Waals surface area contributed by atoms with Crippen LogP contribution in [0.25, 0.3) is 11.2 Å². The highest BCUT2D eigenvalue weighted by molar-refractivity contribution is 7.54. The van der Waals surface area contributed by atoms with Crippen LogP contribution in [0.2, 0.25) is 0 Å². The topological polar surface area (TPSA) is 133 Å². The van der Waals surface area contributed by atoms with Gasteiger partial charge in [0.05, 0.1) is 18.6 Å². The van der Waals surface area contributed by atoms with Gasteiger partial charge in [0, 0.05) is 14.2 Å². The van der Waals surface area contributed by atoms with Crippen LogP contribution >= 0.6 is 7.60 Å². The molecule has 176 valence electrons. The molecule has 1 aliphatic rings. The van der Waals surface area contributed by atoms with Gasteiger partial charge in [-0.1, -0.05) is 26.2 Å². The number of hydrogen-bond donors (Lipinski definition) is 1. The number of ether oxygens (including phenoxy) is 3. The van der Waals surface area contributed by atoms with Gasteiger partial charge >= 0.3 is 7.60 Å². The Morgan fingerprint density at radius 2 is 2.12 bits per heavy atom. The fraction of sp³-hybridized carbons (Fsp3) is 0.650. The fourth-order valence-corrected chi connectivity index (χ4v) is 5.63. The molecule has 0 aliphatic carbocycles. The Kier molecular flexibility index (Phi) is 8.22. The van der Waals surface area contributed by atoms with E-state index in [1.807, 2.05) is 13.8 Å². The molecule has 0 saturated carbocycles. The van der Waals surface area contributed by atoms with Gasteiger partial charge in [-0.2, -0.15) is 0 Å². The molecule has 3 rings (SSSR count). The van der Waals surface area contributed by atoms with Crippen molar-refractivity contribution < 1.29 is 27.8 Å². The first kappa shape index (κ1) is 24.6. The largest absolute Gasteiger partial charge is 0.382 e. The van der Waals surface area contributed by atoms with Crippen LogP contribution in [0.1, 0.15) is 32.9 Å². The number of nitrogen functional groups attached to an aromatic ring is 1. The number of methoxy groups -OCH3 is 1. The molecule has 1 fully saturated rings. The van der Waals surface area contributed by atoms with Gasteiger partial charge in [0.25, 0.3) is 0 Å². The maximum absolute atomic E-state index is 13.6. The fourth-order valence-electron chi connectivity index (χ4n) is 3.81. The molecule has 6 unspecified atom stereocenters. The van der Waals surface area contributed by atoms with E-state index in [4.69, 9.17) is 35.4 Å². The molecule has 0 aromatic carbocycles. The number of aromatic nitrogens is 4. The molecule has 1 aliphatic heterocycles. The zero-order valence-corrected chi connectivity index (χ0v) is 19.6. The monoisotopic (exact) mass is 467 g/mol. The lowest BCUT2D eigenvalue weighted by molar-refractivity contribution is -0.0670. The van der Waals surface area contributed by atoms with Crippen LogP contribution in [0.15, 0.2) is 12.7 Å². The summed E-state index contributed by atoms with van der Waals surface area (Å²) in [5.41, 5.74) is 6.50. The van der Waals surface area contributed by atoms with E-state index in [2.05, 4.69) is 20.9 Å². The number of rotatable bonds is 11.